The van der Waals surface area contributed by atoms with E-state index in [-0.39, 0.29) is 0 Å². The van der Waals surface area contributed by atoms with Crippen LogP contribution in [0.15, 0.2) is 18.6 Å². The lowest BCUT2D eigenvalue weighted by atomic mass is 10.1. The summed E-state index contributed by atoms with van der Waals surface area (Å²) < 4.78 is 12.1. The number of esters is 1. The maximum Gasteiger partial charge on any atom is 0.322 e. The molecule has 5 atom stereocenters. The van der Waals surface area contributed by atoms with Crippen molar-refractivity contribution in [1.29, 1.82) is 0 Å². The van der Waals surface area contributed by atoms with Crippen molar-refractivity contribution in [1.82, 2.24) is 14.5 Å². The second-order valence-corrected chi connectivity index (χ2v) is 7.41. The molecule has 6 N–H and O–H groups in total. The van der Waals surface area contributed by atoms with Crippen LogP contribution in [0.4, 0.5) is 5.82 Å². The number of aromatic nitrogens is 3. The van der Waals surface area contributed by atoms with Gasteiger partial charge in [0, 0.05) is 11.9 Å². The Morgan fingerprint density at radius 1 is 1.44 bits per heavy atom. The number of aliphatic hydroxyl groups is 2. The molecule has 0 unspecified atom stereocenters. The van der Waals surface area contributed by atoms with Gasteiger partial charge in [-0.05, 0) is 18.2 Å². The van der Waals surface area contributed by atoms with Gasteiger partial charge < -0.3 is 35.7 Å². The average molecular weight is 397 g/mol. The van der Waals surface area contributed by atoms with Gasteiger partial charge in [0.2, 0.25) is 0 Å². The van der Waals surface area contributed by atoms with E-state index in [1.165, 1.54) is 25.2 Å². The number of ether oxygens (including phenoxy) is 2. The lowest BCUT2D eigenvalue weighted by Gasteiger charge is -2.17. The lowest BCUT2D eigenvalue weighted by Crippen LogP contribution is -2.33. The molecule has 0 spiro atoms. The molecule has 27 heavy (non-hydrogen) atoms. The molecule has 0 radical (unpaired) electrons. The predicted molar refractivity (Wildman–Crippen MR) is 99.8 cm³/mol. The van der Waals surface area contributed by atoms with Gasteiger partial charge in [0.15, 0.2) is 6.23 Å². The molecule has 10 nitrogen and oxygen atoms in total. The van der Waals surface area contributed by atoms with Gasteiger partial charge in [0.1, 0.15) is 36.0 Å². The molecule has 148 valence electrons. The van der Waals surface area contributed by atoms with Crippen LogP contribution in [0.2, 0.25) is 0 Å². The summed E-state index contributed by atoms with van der Waals surface area (Å²) in [6, 6.07) is 1.07. The van der Waals surface area contributed by atoms with E-state index in [0.717, 1.165) is 0 Å². The molecular formula is C16H23N5O5S. The zero-order valence-electron chi connectivity index (χ0n) is 14.8. The number of methoxy groups -OCH3 is 1. The minimum Gasteiger partial charge on any atom is -0.468 e. The number of anilines is 1. The van der Waals surface area contributed by atoms with E-state index in [4.69, 9.17) is 16.2 Å². The van der Waals surface area contributed by atoms with Crippen molar-refractivity contribution in [3.63, 3.8) is 0 Å². The fraction of sp³-hybridized carbons (Fsp3) is 0.562. The standard InChI is InChI=1S/C16H23N5O5S/c1-25-16(24)9(17)3-5-27-6-10-11(22)12(23)15(26-10)21-4-2-8-13(18)19-7-20-14(8)21/h2,4,7,9-12,15,22-23H,3,5-6,17H2,1H3,(H2,18,19,20)/t9-,10+,11+,12+,15+/m0/s1. The van der Waals surface area contributed by atoms with Crippen molar-refractivity contribution in [3.05, 3.63) is 18.6 Å². The predicted octanol–water partition coefficient (Wildman–Crippen LogP) is -0.744. The molecule has 2 aromatic heterocycles. The van der Waals surface area contributed by atoms with Crippen LogP contribution in [0.3, 0.4) is 0 Å². The first-order valence-corrected chi connectivity index (χ1v) is 9.59. The Kier molecular flexibility index (Phi) is 6.17. The third-order valence-corrected chi connectivity index (χ3v) is 5.60. The maximum atomic E-state index is 11.3. The number of fused-ring (bicyclic) bond motifs is 1. The first-order chi connectivity index (χ1) is 12.9. The number of aliphatic hydroxyl groups excluding tert-OH is 2. The minimum atomic E-state index is -1.11. The van der Waals surface area contributed by atoms with Gasteiger partial charge in [-0.1, -0.05) is 0 Å². The average Bonchev–Trinajstić information content (AvgIpc) is 3.21. The van der Waals surface area contributed by atoms with Gasteiger partial charge in [-0.25, -0.2) is 9.97 Å². The highest BCUT2D eigenvalue weighted by molar-refractivity contribution is 7.99. The molecule has 11 heteroatoms. The molecule has 0 bridgehead atoms. The highest BCUT2D eigenvalue weighted by Crippen LogP contribution is 2.34. The molecule has 1 aliphatic heterocycles. The number of carbonyl (C=O) groups excluding carboxylic acids is 1. The Labute approximate surface area is 159 Å². The van der Waals surface area contributed by atoms with Crippen LogP contribution in [0, 0.1) is 0 Å². The molecule has 1 aliphatic rings. The summed E-state index contributed by atoms with van der Waals surface area (Å²) in [4.78, 5) is 19.4. The highest BCUT2D eigenvalue weighted by Gasteiger charge is 2.43. The van der Waals surface area contributed by atoms with Gasteiger partial charge >= 0.3 is 5.97 Å². The Hall–Kier alpha value is -1.92. The molecule has 0 saturated carbocycles. The summed E-state index contributed by atoms with van der Waals surface area (Å²) in [6.45, 7) is 0. The van der Waals surface area contributed by atoms with E-state index in [0.29, 0.717) is 34.8 Å². The van der Waals surface area contributed by atoms with Crippen LogP contribution < -0.4 is 11.5 Å². The first kappa shape index (κ1) is 19.8. The van der Waals surface area contributed by atoms with Gasteiger partial charge in [-0.3, -0.25) is 4.79 Å². The van der Waals surface area contributed by atoms with E-state index in [2.05, 4.69) is 14.7 Å². The molecule has 1 saturated heterocycles. The van der Waals surface area contributed by atoms with Crippen molar-refractivity contribution in [2.45, 2.75) is 37.0 Å². The number of nitrogen functional groups attached to an aromatic ring is 1. The molecule has 3 rings (SSSR count). The third kappa shape index (κ3) is 4.01. The molecule has 3 heterocycles. The zero-order valence-corrected chi connectivity index (χ0v) is 15.6. The Bertz CT molecular complexity index is 803. The van der Waals surface area contributed by atoms with Crippen molar-refractivity contribution in [2.75, 3.05) is 24.3 Å². The van der Waals surface area contributed by atoms with Crippen LogP contribution in [-0.2, 0) is 14.3 Å². The van der Waals surface area contributed by atoms with Crippen LogP contribution in [0.1, 0.15) is 12.6 Å². The maximum absolute atomic E-state index is 11.3. The zero-order chi connectivity index (χ0) is 19.6. The van der Waals surface area contributed by atoms with E-state index in [1.807, 2.05) is 0 Å². The summed E-state index contributed by atoms with van der Waals surface area (Å²) in [5.74, 6) is 0.920. The summed E-state index contributed by atoms with van der Waals surface area (Å²) in [6.07, 6.45) is -0.0286. The first-order valence-electron chi connectivity index (χ1n) is 8.43. The van der Waals surface area contributed by atoms with E-state index < -0.39 is 36.6 Å². The second-order valence-electron chi connectivity index (χ2n) is 6.26. The van der Waals surface area contributed by atoms with Gasteiger partial charge in [-0.2, -0.15) is 11.8 Å². The molecule has 1 fully saturated rings. The largest absolute Gasteiger partial charge is 0.468 e. The highest BCUT2D eigenvalue weighted by atomic mass is 32.2. The smallest absolute Gasteiger partial charge is 0.322 e. The van der Waals surface area contributed by atoms with Crippen LogP contribution in [0.25, 0.3) is 11.0 Å². The second kappa shape index (κ2) is 8.40. The molecular weight excluding hydrogens is 374 g/mol. The summed E-state index contributed by atoms with van der Waals surface area (Å²) in [5, 5.41) is 21.4. The van der Waals surface area contributed by atoms with Crippen LogP contribution in [0.5, 0.6) is 0 Å². The fourth-order valence-electron chi connectivity index (χ4n) is 2.97. The minimum absolute atomic E-state index is 0.334. The molecule has 0 aliphatic carbocycles. The fourth-order valence-corrected chi connectivity index (χ4v) is 4.07. The third-order valence-electron chi connectivity index (χ3n) is 4.51. The quantitative estimate of drug-likeness (QED) is 0.346. The van der Waals surface area contributed by atoms with Gasteiger partial charge in [-0.15, -0.1) is 0 Å². The normalized spacial score (nSPS) is 26.4. The van der Waals surface area contributed by atoms with Crippen molar-refractivity contribution in [2.24, 2.45) is 5.73 Å². The Balaban J connectivity index is 1.60. The summed E-state index contributed by atoms with van der Waals surface area (Å²) in [5.41, 5.74) is 12.0. The lowest BCUT2D eigenvalue weighted by molar-refractivity contribution is -0.142. The number of rotatable bonds is 7. The summed E-state index contributed by atoms with van der Waals surface area (Å²) >= 11 is 1.48. The number of nitrogens with zero attached hydrogens (tertiary/aromatic N) is 3. The van der Waals surface area contributed by atoms with Gasteiger partial charge in [0.25, 0.3) is 0 Å². The van der Waals surface area contributed by atoms with E-state index in [1.54, 1.807) is 16.8 Å². The molecule has 0 amide bonds. The van der Waals surface area contributed by atoms with Crippen LogP contribution in [-0.4, -0.2) is 73.7 Å². The SMILES string of the molecule is COC(=O)[C@@H](N)CCSC[C@H]1O[C@@H](n2ccc3c(N)ncnc32)[C@H](O)[C@@H]1O. The van der Waals surface area contributed by atoms with E-state index >= 15 is 0 Å². The van der Waals surface area contributed by atoms with E-state index in [9.17, 15) is 15.0 Å². The van der Waals surface area contributed by atoms with Crippen LogP contribution >= 0.6 is 11.8 Å². The Morgan fingerprint density at radius 3 is 2.96 bits per heavy atom. The topological polar surface area (TPSA) is 159 Å². The molecule has 0 aromatic carbocycles. The number of nitrogens with two attached hydrogens (primary N) is 2. The number of hydrogen-bond donors (Lipinski definition) is 4. The van der Waals surface area contributed by atoms with Gasteiger partial charge in [0.05, 0.1) is 18.6 Å². The number of thioether (sulfide) groups is 1. The van der Waals surface area contributed by atoms with Crippen molar-refractivity contribution in [3.8, 4) is 0 Å². The monoisotopic (exact) mass is 397 g/mol. The number of carbonyl (C=O) groups is 1. The Morgan fingerprint density at radius 2 is 2.22 bits per heavy atom. The summed E-state index contributed by atoms with van der Waals surface area (Å²) in [7, 11) is 1.29. The van der Waals surface area contributed by atoms with Crippen molar-refractivity contribution < 1.29 is 24.5 Å². The van der Waals surface area contributed by atoms with Crippen molar-refractivity contribution >= 4 is 34.6 Å². The number of hydrogen-bond acceptors (Lipinski definition) is 10. The molecule has 2 aromatic rings.